The van der Waals surface area contributed by atoms with Crippen LogP contribution in [0.2, 0.25) is 0 Å². The maximum absolute atomic E-state index is 11.1. The smallest absolute Gasteiger partial charge is 0.343 e. The largest absolute Gasteiger partial charge is 0.349 e. The van der Waals surface area contributed by atoms with Crippen molar-refractivity contribution in [2.75, 3.05) is 0 Å². The van der Waals surface area contributed by atoms with Gasteiger partial charge in [-0.15, -0.1) is 0 Å². The number of aromatic amines is 1. The van der Waals surface area contributed by atoms with Gasteiger partial charge >= 0.3 is 5.69 Å². The van der Waals surface area contributed by atoms with Crippen molar-refractivity contribution in [2.24, 2.45) is 7.05 Å². The zero-order valence-corrected chi connectivity index (χ0v) is 8.96. The molecule has 0 bridgehead atoms. The molecule has 2 heterocycles. The lowest BCUT2D eigenvalue weighted by Crippen LogP contribution is -2.18. The predicted molar refractivity (Wildman–Crippen MR) is 57.4 cm³/mol. The van der Waals surface area contributed by atoms with E-state index in [0.29, 0.717) is 5.65 Å². The Balaban J connectivity index is 0.000000461. The Morgan fingerprint density at radius 1 is 1.43 bits per heavy atom. The Morgan fingerprint density at radius 2 is 2.07 bits per heavy atom. The van der Waals surface area contributed by atoms with Crippen LogP contribution in [0.1, 0.15) is 19.5 Å². The van der Waals surface area contributed by atoms with E-state index in [1.54, 1.807) is 13.2 Å². The molecule has 1 N–H and O–H groups in total. The summed E-state index contributed by atoms with van der Waals surface area (Å²) in [4.78, 5) is 17.9. The van der Waals surface area contributed by atoms with Crippen LogP contribution in [0.25, 0.3) is 11.0 Å². The number of rotatable bonds is 0. The molecule has 0 spiro atoms. The van der Waals surface area contributed by atoms with Gasteiger partial charge in [-0.2, -0.15) is 4.98 Å². The fraction of sp³-hybridized carbons (Fsp3) is 0.400. The molecule has 0 amide bonds. The van der Waals surface area contributed by atoms with E-state index >= 15 is 0 Å². The Morgan fingerprint density at radius 3 is 2.71 bits per heavy atom. The van der Waals surface area contributed by atoms with E-state index in [0.717, 1.165) is 11.1 Å². The maximum Gasteiger partial charge on any atom is 0.349 e. The van der Waals surface area contributed by atoms with Gasteiger partial charge in [-0.05, 0) is 13.0 Å². The van der Waals surface area contributed by atoms with Crippen LogP contribution in [0.5, 0.6) is 0 Å². The quantitative estimate of drug-likeness (QED) is 0.690. The lowest BCUT2D eigenvalue weighted by atomic mass is 10.4. The predicted octanol–water partition coefficient (Wildman–Crippen LogP) is 1.60. The summed E-state index contributed by atoms with van der Waals surface area (Å²) in [5, 5.41) is 0.967. The van der Waals surface area contributed by atoms with E-state index in [4.69, 9.17) is 0 Å². The van der Waals surface area contributed by atoms with Crippen LogP contribution in [0, 0.1) is 6.92 Å². The summed E-state index contributed by atoms with van der Waals surface area (Å²) >= 11 is 0. The van der Waals surface area contributed by atoms with E-state index < -0.39 is 0 Å². The zero-order chi connectivity index (χ0) is 10.7. The highest BCUT2D eigenvalue weighted by molar-refractivity contribution is 5.75. The summed E-state index contributed by atoms with van der Waals surface area (Å²) in [6.07, 6.45) is 1.77. The third-order valence-corrected chi connectivity index (χ3v) is 1.80. The second kappa shape index (κ2) is 4.09. The Kier molecular flexibility index (Phi) is 3.06. The molecule has 0 aliphatic rings. The number of hydrogen-bond donors (Lipinski definition) is 1. The third-order valence-electron chi connectivity index (χ3n) is 1.80. The molecule has 14 heavy (non-hydrogen) atoms. The fourth-order valence-electron chi connectivity index (χ4n) is 1.23. The van der Waals surface area contributed by atoms with Gasteiger partial charge in [0.2, 0.25) is 0 Å². The molecule has 2 aromatic heterocycles. The molecule has 0 aliphatic heterocycles. The number of aromatic nitrogens is 3. The minimum Gasteiger partial charge on any atom is -0.343 e. The highest BCUT2D eigenvalue weighted by Crippen LogP contribution is 2.08. The standard InChI is InChI=1S/C8H9N3O.C2H6/c1-5-3-6-4-11(2)8(12)10-7(6)9-5;1-2/h3-4H,1-2H3,(H,9,10,12);1-2H3. The number of H-pyrrole nitrogens is 1. The summed E-state index contributed by atoms with van der Waals surface area (Å²) in [6, 6.07) is 1.96. The van der Waals surface area contributed by atoms with Gasteiger partial charge in [0, 0.05) is 24.3 Å². The summed E-state index contributed by atoms with van der Waals surface area (Å²) < 4.78 is 1.47. The topological polar surface area (TPSA) is 50.7 Å². The van der Waals surface area contributed by atoms with Gasteiger partial charge in [-0.1, -0.05) is 13.8 Å². The Bertz CT molecular complexity index is 482. The van der Waals surface area contributed by atoms with Gasteiger partial charge in [0.1, 0.15) is 5.65 Å². The number of hydrogen-bond acceptors (Lipinski definition) is 2. The van der Waals surface area contributed by atoms with Crippen molar-refractivity contribution in [3.05, 3.63) is 28.4 Å². The van der Waals surface area contributed by atoms with Gasteiger partial charge < -0.3 is 9.55 Å². The molecule has 0 saturated heterocycles. The van der Waals surface area contributed by atoms with Crippen LogP contribution in [0.15, 0.2) is 17.1 Å². The van der Waals surface area contributed by atoms with Crippen LogP contribution in [0.4, 0.5) is 0 Å². The van der Waals surface area contributed by atoms with Crippen molar-refractivity contribution >= 4 is 11.0 Å². The van der Waals surface area contributed by atoms with Crippen LogP contribution in [-0.2, 0) is 7.05 Å². The summed E-state index contributed by atoms with van der Waals surface area (Å²) in [6.45, 7) is 5.94. The van der Waals surface area contributed by atoms with E-state index in [2.05, 4.69) is 9.97 Å². The van der Waals surface area contributed by atoms with Gasteiger partial charge in [0.25, 0.3) is 0 Å². The molecule has 2 aromatic rings. The molecular weight excluding hydrogens is 178 g/mol. The highest BCUT2D eigenvalue weighted by Gasteiger charge is 2.00. The number of fused-ring (bicyclic) bond motifs is 1. The average Bonchev–Trinajstić information content (AvgIpc) is 2.49. The minimum atomic E-state index is -0.232. The number of nitrogens with zero attached hydrogens (tertiary/aromatic N) is 2. The average molecular weight is 193 g/mol. The SMILES string of the molecule is CC.Cc1cc2cn(C)c(=O)nc2[nH]1. The first-order chi connectivity index (χ1) is 6.66. The van der Waals surface area contributed by atoms with Gasteiger partial charge in [-0.25, -0.2) is 4.79 Å². The highest BCUT2D eigenvalue weighted by atomic mass is 16.1. The second-order valence-electron chi connectivity index (χ2n) is 2.89. The van der Waals surface area contributed by atoms with Gasteiger partial charge in [-0.3, -0.25) is 0 Å². The van der Waals surface area contributed by atoms with E-state index in [1.807, 2.05) is 26.8 Å². The van der Waals surface area contributed by atoms with Crippen molar-refractivity contribution in [1.82, 2.24) is 14.5 Å². The first-order valence-electron chi connectivity index (χ1n) is 4.70. The molecule has 2 rings (SSSR count). The monoisotopic (exact) mass is 193 g/mol. The molecule has 0 aliphatic carbocycles. The Hall–Kier alpha value is -1.58. The fourth-order valence-corrected chi connectivity index (χ4v) is 1.23. The first kappa shape index (κ1) is 10.5. The molecule has 0 unspecified atom stereocenters. The van der Waals surface area contributed by atoms with Crippen molar-refractivity contribution < 1.29 is 0 Å². The van der Waals surface area contributed by atoms with Crippen molar-refractivity contribution in [2.45, 2.75) is 20.8 Å². The zero-order valence-electron chi connectivity index (χ0n) is 8.96. The second-order valence-corrected chi connectivity index (χ2v) is 2.89. The molecule has 76 valence electrons. The third kappa shape index (κ3) is 1.84. The first-order valence-corrected chi connectivity index (χ1v) is 4.70. The molecule has 0 radical (unpaired) electrons. The van der Waals surface area contributed by atoms with Crippen molar-refractivity contribution in [3.63, 3.8) is 0 Å². The van der Waals surface area contributed by atoms with E-state index in [1.165, 1.54) is 4.57 Å². The van der Waals surface area contributed by atoms with E-state index in [9.17, 15) is 4.79 Å². The minimum absolute atomic E-state index is 0.232. The van der Waals surface area contributed by atoms with Crippen molar-refractivity contribution in [1.29, 1.82) is 0 Å². The van der Waals surface area contributed by atoms with Crippen LogP contribution < -0.4 is 5.69 Å². The Labute approximate surface area is 82.6 Å². The molecule has 0 aromatic carbocycles. The lowest BCUT2D eigenvalue weighted by Gasteiger charge is -1.93. The van der Waals surface area contributed by atoms with Gasteiger partial charge in [0.05, 0.1) is 0 Å². The van der Waals surface area contributed by atoms with Crippen LogP contribution >= 0.6 is 0 Å². The van der Waals surface area contributed by atoms with Crippen LogP contribution in [-0.4, -0.2) is 14.5 Å². The summed E-state index contributed by atoms with van der Waals surface area (Å²) in [5.41, 5.74) is 1.45. The van der Waals surface area contributed by atoms with E-state index in [-0.39, 0.29) is 5.69 Å². The molecule has 4 nitrogen and oxygen atoms in total. The molecule has 0 fully saturated rings. The lowest BCUT2D eigenvalue weighted by molar-refractivity contribution is 0.825. The number of nitrogens with one attached hydrogen (secondary N) is 1. The molecule has 0 atom stereocenters. The van der Waals surface area contributed by atoms with Crippen LogP contribution in [0.3, 0.4) is 0 Å². The summed E-state index contributed by atoms with van der Waals surface area (Å²) in [5.74, 6) is 0. The molecular formula is C10H15N3O. The maximum atomic E-state index is 11.1. The number of aryl methyl sites for hydroxylation is 2. The molecule has 0 saturated carbocycles. The van der Waals surface area contributed by atoms with Gasteiger partial charge in [0.15, 0.2) is 0 Å². The molecule has 4 heteroatoms. The summed E-state index contributed by atoms with van der Waals surface area (Å²) in [7, 11) is 1.69. The van der Waals surface area contributed by atoms with Crippen molar-refractivity contribution in [3.8, 4) is 0 Å². The normalized spacial score (nSPS) is 9.71.